The van der Waals surface area contributed by atoms with Crippen LogP contribution in [0.5, 0.6) is 0 Å². The standard InChI is InChI=1S/C22H19FN6O3S/c1-12(14-6-15(23)8-24-7-14)25-22-27-17-3-5-33-19(17)18(28-22)21(31)29-9-16(10-29)26-20(30)13-2-4-32-11-13/h2-8,11-12,16H,9-10H2,1H3,(H,26,30)(H,25,27,28). The number of nitrogens with one attached hydrogen (secondary N) is 2. The van der Waals surface area contributed by atoms with E-state index in [-0.39, 0.29) is 29.8 Å². The first-order chi connectivity index (χ1) is 16.0. The van der Waals surface area contributed by atoms with Gasteiger partial charge in [-0.2, -0.15) is 0 Å². The van der Waals surface area contributed by atoms with Crippen LogP contribution in [-0.4, -0.2) is 50.8 Å². The van der Waals surface area contributed by atoms with Crippen LogP contribution in [0.25, 0.3) is 10.2 Å². The number of carbonyl (C=O) groups is 2. The summed E-state index contributed by atoms with van der Waals surface area (Å²) in [7, 11) is 0. The number of likely N-dealkylation sites (tertiary alicyclic amines) is 1. The van der Waals surface area contributed by atoms with Crippen molar-refractivity contribution < 1.29 is 18.4 Å². The maximum atomic E-state index is 13.5. The molecule has 5 rings (SSSR count). The summed E-state index contributed by atoms with van der Waals surface area (Å²) in [6.07, 6.45) is 5.51. The fourth-order valence-corrected chi connectivity index (χ4v) is 4.37. The average Bonchev–Trinajstić information content (AvgIpc) is 3.47. The number of hydrogen-bond acceptors (Lipinski definition) is 8. The fraction of sp³-hybridized carbons (Fsp3) is 0.227. The molecule has 1 unspecified atom stereocenters. The molecule has 4 aromatic heterocycles. The number of carbonyl (C=O) groups excluding carboxylic acids is 2. The third-order valence-electron chi connectivity index (χ3n) is 5.37. The minimum absolute atomic E-state index is 0.143. The summed E-state index contributed by atoms with van der Waals surface area (Å²) in [4.78, 5) is 39.8. The van der Waals surface area contributed by atoms with E-state index < -0.39 is 5.82 Å². The maximum absolute atomic E-state index is 13.5. The SMILES string of the molecule is CC(Nc1nc(C(=O)N2CC(NC(=O)c3ccoc3)C2)c2sccc2n1)c1cncc(F)c1. The summed E-state index contributed by atoms with van der Waals surface area (Å²) in [5.74, 6) is -0.637. The molecule has 11 heteroatoms. The molecule has 5 heterocycles. The van der Waals surface area contributed by atoms with E-state index in [2.05, 4.69) is 25.6 Å². The number of thiophene rings is 1. The molecule has 1 fully saturated rings. The molecule has 1 atom stereocenters. The Morgan fingerprint density at radius 1 is 1.27 bits per heavy atom. The highest BCUT2D eigenvalue weighted by Gasteiger charge is 2.34. The molecule has 0 saturated carbocycles. The van der Waals surface area contributed by atoms with Crippen molar-refractivity contribution in [2.75, 3.05) is 18.4 Å². The van der Waals surface area contributed by atoms with Crippen LogP contribution in [-0.2, 0) is 0 Å². The van der Waals surface area contributed by atoms with Gasteiger partial charge in [-0.05, 0) is 36.1 Å². The summed E-state index contributed by atoms with van der Waals surface area (Å²) < 4.78 is 19.1. The van der Waals surface area contributed by atoms with Crippen LogP contribution < -0.4 is 10.6 Å². The molecule has 168 valence electrons. The van der Waals surface area contributed by atoms with Gasteiger partial charge >= 0.3 is 0 Å². The van der Waals surface area contributed by atoms with Gasteiger partial charge in [0.15, 0.2) is 5.69 Å². The Kier molecular flexibility index (Phi) is 5.47. The second-order valence-electron chi connectivity index (χ2n) is 7.73. The maximum Gasteiger partial charge on any atom is 0.274 e. The average molecular weight is 466 g/mol. The van der Waals surface area contributed by atoms with Crippen molar-refractivity contribution in [3.05, 3.63) is 71.1 Å². The molecule has 0 radical (unpaired) electrons. The fourth-order valence-electron chi connectivity index (χ4n) is 3.56. The van der Waals surface area contributed by atoms with Crippen LogP contribution in [0.15, 0.2) is 52.9 Å². The zero-order chi connectivity index (χ0) is 22.9. The van der Waals surface area contributed by atoms with Crippen molar-refractivity contribution in [1.29, 1.82) is 0 Å². The van der Waals surface area contributed by atoms with E-state index in [4.69, 9.17) is 4.42 Å². The van der Waals surface area contributed by atoms with Gasteiger partial charge in [0, 0.05) is 19.3 Å². The number of anilines is 1. The van der Waals surface area contributed by atoms with Crippen LogP contribution in [0.4, 0.5) is 10.3 Å². The molecular weight excluding hydrogens is 447 g/mol. The van der Waals surface area contributed by atoms with E-state index in [0.29, 0.717) is 40.1 Å². The third-order valence-corrected chi connectivity index (χ3v) is 6.28. The molecule has 2 amide bonds. The van der Waals surface area contributed by atoms with E-state index in [1.807, 2.05) is 18.4 Å². The van der Waals surface area contributed by atoms with Crippen molar-refractivity contribution in [3.8, 4) is 0 Å². The Labute approximate surface area is 191 Å². The molecule has 9 nitrogen and oxygen atoms in total. The lowest BCUT2D eigenvalue weighted by Gasteiger charge is -2.39. The monoisotopic (exact) mass is 466 g/mol. The molecule has 1 saturated heterocycles. The molecule has 0 aliphatic carbocycles. The molecule has 1 aliphatic heterocycles. The van der Waals surface area contributed by atoms with Crippen LogP contribution >= 0.6 is 11.3 Å². The number of halogens is 1. The third kappa shape index (κ3) is 4.27. The smallest absolute Gasteiger partial charge is 0.274 e. The van der Waals surface area contributed by atoms with Gasteiger partial charge in [-0.1, -0.05) is 0 Å². The summed E-state index contributed by atoms with van der Waals surface area (Å²) in [6.45, 7) is 2.60. The molecule has 2 N–H and O–H groups in total. The topological polar surface area (TPSA) is 113 Å². The first-order valence-corrected chi connectivity index (χ1v) is 11.1. The molecule has 1 aliphatic rings. The number of furan rings is 1. The number of amides is 2. The van der Waals surface area contributed by atoms with Gasteiger partial charge < -0.3 is 20.0 Å². The summed E-state index contributed by atoms with van der Waals surface area (Å²) in [5.41, 5.74) is 2.02. The number of hydrogen-bond donors (Lipinski definition) is 2. The van der Waals surface area contributed by atoms with Crippen LogP contribution in [0.1, 0.15) is 39.4 Å². The zero-order valence-corrected chi connectivity index (χ0v) is 18.3. The first kappa shape index (κ1) is 21.0. The van der Waals surface area contributed by atoms with Gasteiger partial charge in [0.05, 0.1) is 40.3 Å². The highest BCUT2D eigenvalue weighted by Crippen LogP contribution is 2.27. The lowest BCUT2D eigenvalue weighted by atomic mass is 10.1. The minimum Gasteiger partial charge on any atom is -0.472 e. The molecule has 4 aromatic rings. The van der Waals surface area contributed by atoms with Crippen molar-refractivity contribution in [2.24, 2.45) is 0 Å². The highest BCUT2D eigenvalue weighted by atomic mass is 32.1. The lowest BCUT2D eigenvalue weighted by molar-refractivity contribution is 0.0539. The number of fused-ring (bicyclic) bond motifs is 1. The number of rotatable bonds is 6. The number of aromatic nitrogens is 3. The first-order valence-electron chi connectivity index (χ1n) is 10.2. The predicted octanol–water partition coefficient (Wildman–Crippen LogP) is 3.25. The summed E-state index contributed by atoms with van der Waals surface area (Å²) >= 11 is 1.39. The van der Waals surface area contributed by atoms with Crippen molar-refractivity contribution in [1.82, 2.24) is 25.2 Å². The Morgan fingerprint density at radius 3 is 2.88 bits per heavy atom. The Hall–Kier alpha value is -3.86. The summed E-state index contributed by atoms with van der Waals surface area (Å²) in [5, 5.41) is 7.85. The van der Waals surface area contributed by atoms with E-state index in [1.165, 1.54) is 29.9 Å². The lowest BCUT2D eigenvalue weighted by Crippen LogP contribution is -2.61. The van der Waals surface area contributed by atoms with Gasteiger partial charge in [0.2, 0.25) is 5.95 Å². The van der Waals surface area contributed by atoms with Crippen LogP contribution in [0.3, 0.4) is 0 Å². The molecule has 33 heavy (non-hydrogen) atoms. The molecule has 0 aromatic carbocycles. The number of nitrogens with zero attached hydrogens (tertiary/aromatic N) is 4. The van der Waals surface area contributed by atoms with Crippen LogP contribution in [0, 0.1) is 5.82 Å². The Balaban J connectivity index is 1.30. The minimum atomic E-state index is -0.432. The molecular formula is C22H19FN6O3S. The predicted molar refractivity (Wildman–Crippen MR) is 120 cm³/mol. The van der Waals surface area contributed by atoms with Crippen molar-refractivity contribution in [3.63, 3.8) is 0 Å². The summed E-state index contributed by atoms with van der Waals surface area (Å²) in [6, 6.07) is 4.33. The largest absolute Gasteiger partial charge is 0.472 e. The van der Waals surface area contributed by atoms with E-state index in [1.54, 1.807) is 17.2 Å². The van der Waals surface area contributed by atoms with Crippen molar-refractivity contribution in [2.45, 2.75) is 19.0 Å². The highest BCUT2D eigenvalue weighted by molar-refractivity contribution is 7.17. The van der Waals surface area contributed by atoms with E-state index >= 15 is 0 Å². The number of pyridine rings is 1. The molecule has 0 bridgehead atoms. The van der Waals surface area contributed by atoms with Crippen LogP contribution in [0.2, 0.25) is 0 Å². The van der Waals surface area contributed by atoms with Gasteiger partial charge in [0.1, 0.15) is 12.1 Å². The quantitative estimate of drug-likeness (QED) is 0.448. The Bertz CT molecular complexity index is 1320. The van der Waals surface area contributed by atoms with Gasteiger partial charge in [-0.25, -0.2) is 14.4 Å². The van der Waals surface area contributed by atoms with Crippen molar-refractivity contribution >= 4 is 39.3 Å². The van der Waals surface area contributed by atoms with Gasteiger partial charge in [0.25, 0.3) is 11.8 Å². The normalized spacial score (nSPS) is 14.7. The van der Waals surface area contributed by atoms with E-state index in [9.17, 15) is 14.0 Å². The van der Waals surface area contributed by atoms with E-state index in [0.717, 1.165) is 6.20 Å². The second-order valence-corrected chi connectivity index (χ2v) is 8.64. The second kappa shape index (κ2) is 8.58. The van der Waals surface area contributed by atoms with Gasteiger partial charge in [-0.15, -0.1) is 11.3 Å². The van der Waals surface area contributed by atoms with Gasteiger partial charge in [-0.3, -0.25) is 14.6 Å². The molecule has 0 spiro atoms. The zero-order valence-electron chi connectivity index (χ0n) is 17.5. The Morgan fingerprint density at radius 2 is 2.12 bits per heavy atom.